The molecule has 0 saturated carbocycles. The maximum atomic E-state index is 12.7. The standard InChI is InChI=1S/C20H21N3O5/c1-23(20(24)14-8-9-16(26-3)17(11-14)27-4)12-18-21-19(22-28-18)13-6-5-7-15(10-13)25-2/h5-11H,12H2,1-4H3. The SMILES string of the molecule is COc1cccc(-c2noc(CN(C)C(=O)c3ccc(OC)c(OC)c3)n2)c1. The molecular weight excluding hydrogens is 362 g/mol. The van der Waals surface area contributed by atoms with E-state index in [4.69, 9.17) is 18.7 Å². The predicted octanol–water partition coefficient (Wildman–Crippen LogP) is 3.03. The predicted molar refractivity (Wildman–Crippen MR) is 102 cm³/mol. The molecule has 3 rings (SSSR count). The Balaban J connectivity index is 1.73. The normalized spacial score (nSPS) is 10.4. The van der Waals surface area contributed by atoms with Crippen molar-refractivity contribution < 1.29 is 23.5 Å². The molecule has 146 valence electrons. The van der Waals surface area contributed by atoms with E-state index >= 15 is 0 Å². The number of methoxy groups -OCH3 is 3. The van der Waals surface area contributed by atoms with Crippen LogP contribution in [0.25, 0.3) is 11.4 Å². The first-order valence-corrected chi connectivity index (χ1v) is 8.50. The van der Waals surface area contributed by atoms with Crippen molar-refractivity contribution in [2.45, 2.75) is 6.54 Å². The van der Waals surface area contributed by atoms with Gasteiger partial charge in [0.1, 0.15) is 5.75 Å². The number of hydrogen-bond acceptors (Lipinski definition) is 7. The largest absolute Gasteiger partial charge is 0.497 e. The lowest BCUT2D eigenvalue weighted by Gasteiger charge is -2.16. The van der Waals surface area contributed by atoms with E-state index < -0.39 is 0 Å². The van der Waals surface area contributed by atoms with Crippen LogP contribution in [0.15, 0.2) is 47.0 Å². The molecule has 0 radical (unpaired) electrons. The highest BCUT2D eigenvalue weighted by Crippen LogP contribution is 2.28. The van der Waals surface area contributed by atoms with Crippen molar-refractivity contribution in [3.63, 3.8) is 0 Å². The minimum absolute atomic E-state index is 0.171. The molecule has 28 heavy (non-hydrogen) atoms. The Bertz CT molecular complexity index is 970. The number of carbonyl (C=O) groups excluding carboxylic acids is 1. The molecule has 8 heteroatoms. The molecule has 0 fully saturated rings. The summed E-state index contributed by atoms with van der Waals surface area (Å²) in [6, 6.07) is 12.3. The Morgan fingerprint density at radius 1 is 1.04 bits per heavy atom. The Kier molecular flexibility index (Phi) is 5.78. The summed E-state index contributed by atoms with van der Waals surface area (Å²) in [6.07, 6.45) is 0. The molecule has 1 aromatic heterocycles. The van der Waals surface area contributed by atoms with Crippen LogP contribution < -0.4 is 14.2 Å². The monoisotopic (exact) mass is 383 g/mol. The third-order valence-corrected chi connectivity index (χ3v) is 4.15. The van der Waals surface area contributed by atoms with E-state index in [9.17, 15) is 4.79 Å². The van der Waals surface area contributed by atoms with Crippen molar-refractivity contribution in [2.75, 3.05) is 28.4 Å². The zero-order valence-corrected chi connectivity index (χ0v) is 16.1. The number of amides is 1. The second kappa shape index (κ2) is 8.43. The average molecular weight is 383 g/mol. The summed E-state index contributed by atoms with van der Waals surface area (Å²) in [4.78, 5) is 18.6. The smallest absolute Gasteiger partial charge is 0.254 e. The lowest BCUT2D eigenvalue weighted by molar-refractivity contribution is 0.0769. The zero-order valence-electron chi connectivity index (χ0n) is 16.1. The van der Waals surface area contributed by atoms with Crippen LogP contribution in [-0.4, -0.2) is 49.3 Å². The second-order valence-corrected chi connectivity index (χ2v) is 5.97. The minimum Gasteiger partial charge on any atom is -0.497 e. The van der Waals surface area contributed by atoms with E-state index in [1.54, 1.807) is 39.5 Å². The van der Waals surface area contributed by atoms with Crippen LogP contribution in [0.4, 0.5) is 0 Å². The quantitative estimate of drug-likeness (QED) is 0.620. The van der Waals surface area contributed by atoms with Crippen LogP contribution in [0.1, 0.15) is 16.2 Å². The fourth-order valence-electron chi connectivity index (χ4n) is 2.66. The van der Waals surface area contributed by atoms with Gasteiger partial charge in [0.2, 0.25) is 11.7 Å². The van der Waals surface area contributed by atoms with Gasteiger partial charge in [0.25, 0.3) is 5.91 Å². The molecule has 2 aromatic carbocycles. The van der Waals surface area contributed by atoms with E-state index in [1.165, 1.54) is 12.0 Å². The van der Waals surface area contributed by atoms with Crippen LogP contribution in [0.2, 0.25) is 0 Å². The van der Waals surface area contributed by atoms with Crippen LogP contribution >= 0.6 is 0 Å². The van der Waals surface area contributed by atoms with Gasteiger partial charge >= 0.3 is 0 Å². The molecule has 0 aliphatic rings. The zero-order chi connectivity index (χ0) is 20.1. The molecule has 8 nitrogen and oxygen atoms in total. The number of benzene rings is 2. The third-order valence-electron chi connectivity index (χ3n) is 4.15. The molecule has 0 atom stereocenters. The van der Waals surface area contributed by atoms with Crippen molar-refractivity contribution in [2.24, 2.45) is 0 Å². The van der Waals surface area contributed by atoms with Gasteiger partial charge in [-0.05, 0) is 30.3 Å². The molecule has 0 N–H and O–H groups in total. The van der Waals surface area contributed by atoms with Crippen molar-refractivity contribution in [1.29, 1.82) is 0 Å². The number of hydrogen-bond donors (Lipinski definition) is 0. The Morgan fingerprint density at radius 3 is 2.54 bits per heavy atom. The van der Waals surface area contributed by atoms with E-state index in [-0.39, 0.29) is 12.5 Å². The van der Waals surface area contributed by atoms with E-state index in [0.717, 1.165) is 5.56 Å². The fourth-order valence-corrected chi connectivity index (χ4v) is 2.66. The van der Waals surface area contributed by atoms with E-state index in [0.29, 0.717) is 34.5 Å². The number of aromatic nitrogens is 2. The van der Waals surface area contributed by atoms with Crippen molar-refractivity contribution >= 4 is 5.91 Å². The Labute approximate surface area is 162 Å². The molecule has 0 unspecified atom stereocenters. The maximum Gasteiger partial charge on any atom is 0.254 e. The molecule has 3 aromatic rings. The highest BCUT2D eigenvalue weighted by Gasteiger charge is 2.18. The van der Waals surface area contributed by atoms with Gasteiger partial charge in [-0.2, -0.15) is 4.98 Å². The minimum atomic E-state index is -0.206. The first kappa shape index (κ1) is 19.2. The summed E-state index contributed by atoms with van der Waals surface area (Å²) in [7, 11) is 6.32. The van der Waals surface area contributed by atoms with Gasteiger partial charge in [-0.15, -0.1) is 0 Å². The molecule has 1 heterocycles. The Hall–Kier alpha value is -3.55. The fraction of sp³-hybridized carbons (Fsp3) is 0.250. The second-order valence-electron chi connectivity index (χ2n) is 5.97. The topological polar surface area (TPSA) is 86.9 Å². The van der Waals surface area contributed by atoms with Crippen LogP contribution in [0.3, 0.4) is 0 Å². The van der Waals surface area contributed by atoms with Crippen molar-refractivity contribution in [3.8, 4) is 28.6 Å². The first-order valence-electron chi connectivity index (χ1n) is 8.50. The van der Waals surface area contributed by atoms with Gasteiger partial charge in [0.15, 0.2) is 11.5 Å². The lowest BCUT2D eigenvalue weighted by Crippen LogP contribution is -2.26. The average Bonchev–Trinajstić information content (AvgIpc) is 3.21. The number of ether oxygens (including phenoxy) is 3. The van der Waals surface area contributed by atoms with Crippen LogP contribution in [-0.2, 0) is 6.54 Å². The molecule has 0 aliphatic heterocycles. The third kappa shape index (κ3) is 4.06. The molecule has 0 saturated heterocycles. The van der Waals surface area contributed by atoms with Gasteiger partial charge in [0, 0.05) is 18.2 Å². The lowest BCUT2D eigenvalue weighted by atomic mass is 10.1. The van der Waals surface area contributed by atoms with Gasteiger partial charge in [-0.1, -0.05) is 17.3 Å². The molecular formula is C20H21N3O5. The number of rotatable bonds is 7. The van der Waals surface area contributed by atoms with Crippen molar-refractivity contribution in [3.05, 3.63) is 53.9 Å². The van der Waals surface area contributed by atoms with Gasteiger partial charge in [-0.25, -0.2) is 0 Å². The summed E-state index contributed by atoms with van der Waals surface area (Å²) in [5, 5.41) is 3.98. The molecule has 1 amide bonds. The molecule has 0 spiro atoms. The highest BCUT2D eigenvalue weighted by molar-refractivity contribution is 5.94. The van der Waals surface area contributed by atoms with E-state index in [1.807, 2.05) is 24.3 Å². The number of carbonyl (C=O) groups is 1. The summed E-state index contributed by atoms with van der Waals surface area (Å²) >= 11 is 0. The maximum absolute atomic E-state index is 12.7. The van der Waals surface area contributed by atoms with Crippen LogP contribution in [0, 0.1) is 0 Å². The van der Waals surface area contributed by atoms with Gasteiger partial charge < -0.3 is 23.6 Å². The summed E-state index contributed by atoms with van der Waals surface area (Å²) in [5.74, 6) is 2.29. The van der Waals surface area contributed by atoms with E-state index in [2.05, 4.69) is 10.1 Å². The summed E-state index contributed by atoms with van der Waals surface area (Å²) < 4.78 is 20.9. The first-order chi connectivity index (χ1) is 13.5. The van der Waals surface area contributed by atoms with Crippen molar-refractivity contribution in [1.82, 2.24) is 15.0 Å². The highest BCUT2D eigenvalue weighted by atomic mass is 16.5. The summed E-state index contributed by atoms with van der Waals surface area (Å²) in [5.41, 5.74) is 1.23. The van der Waals surface area contributed by atoms with Gasteiger partial charge in [0.05, 0.1) is 27.9 Å². The van der Waals surface area contributed by atoms with Gasteiger partial charge in [-0.3, -0.25) is 4.79 Å². The Morgan fingerprint density at radius 2 is 1.82 bits per heavy atom. The molecule has 0 aliphatic carbocycles. The van der Waals surface area contributed by atoms with Crippen LogP contribution in [0.5, 0.6) is 17.2 Å². The number of nitrogens with zero attached hydrogens (tertiary/aromatic N) is 3. The molecule has 0 bridgehead atoms. The summed E-state index contributed by atoms with van der Waals surface area (Å²) in [6.45, 7) is 0.171.